The standard InChI is InChI=1S/C13H18ClNO4/c1-7-6-8(9(15)4-5-10(16)17)13(19-3)11(14)12(7)18-2/h6,9H,4-5,15H2,1-3H3,(H,16,17). The molecule has 1 aromatic rings. The molecule has 106 valence electrons. The fraction of sp³-hybridized carbons (Fsp3) is 0.462. The number of rotatable bonds is 6. The van der Waals surface area contributed by atoms with Crippen LogP contribution in [0.25, 0.3) is 0 Å². The summed E-state index contributed by atoms with van der Waals surface area (Å²) >= 11 is 6.20. The topological polar surface area (TPSA) is 81.8 Å². The maximum Gasteiger partial charge on any atom is 0.303 e. The summed E-state index contributed by atoms with van der Waals surface area (Å²) in [5.41, 5.74) is 7.52. The highest BCUT2D eigenvalue weighted by Crippen LogP contribution is 2.42. The largest absolute Gasteiger partial charge is 0.495 e. The van der Waals surface area contributed by atoms with Gasteiger partial charge in [-0.2, -0.15) is 0 Å². The zero-order chi connectivity index (χ0) is 14.6. The summed E-state index contributed by atoms with van der Waals surface area (Å²) in [7, 11) is 3.01. The fourth-order valence-electron chi connectivity index (χ4n) is 1.94. The Morgan fingerprint density at radius 1 is 1.42 bits per heavy atom. The number of carboxylic acids is 1. The SMILES string of the molecule is COc1c(C)cc(C(N)CCC(=O)O)c(OC)c1Cl. The van der Waals surface area contributed by atoms with Crippen molar-refractivity contribution < 1.29 is 19.4 Å². The molecule has 0 saturated heterocycles. The fourth-order valence-corrected chi connectivity index (χ4v) is 2.35. The van der Waals surface area contributed by atoms with Crippen LogP contribution >= 0.6 is 11.6 Å². The van der Waals surface area contributed by atoms with Crippen molar-refractivity contribution in [3.05, 3.63) is 22.2 Å². The van der Waals surface area contributed by atoms with Crippen LogP contribution < -0.4 is 15.2 Å². The zero-order valence-electron chi connectivity index (χ0n) is 11.2. The van der Waals surface area contributed by atoms with Crippen molar-refractivity contribution in [1.29, 1.82) is 0 Å². The van der Waals surface area contributed by atoms with Crippen molar-refractivity contribution >= 4 is 17.6 Å². The number of hydrogen-bond donors (Lipinski definition) is 2. The van der Waals surface area contributed by atoms with Gasteiger partial charge >= 0.3 is 5.97 Å². The molecular formula is C13H18ClNO4. The molecular weight excluding hydrogens is 270 g/mol. The highest BCUT2D eigenvalue weighted by atomic mass is 35.5. The van der Waals surface area contributed by atoms with E-state index in [1.54, 1.807) is 0 Å². The first kappa shape index (κ1) is 15.6. The molecule has 1 aromatic carbocycles. The third kappa shape index (κ3) is 3.52. The van der Waals surface area contributed by atoms with Gasteiger partial charge in [-0.3, -0.25) is 4.79 Å². The van der Waals surface area contributed by atoms with Crippen molar-refractivity contribution in [2.24, 2.45) is 5.73 Å². The van der Waals surface area contributed by atoms with Gasteiger partial charge in [-0.05, 0) is 25.0 Å². The molecule has 1 rings (SSSR count). The number of nitrogens with two attached hydrogens (primary N) is 1. The van der Waals surface area contributed by atoms with Crippen molar-refractivity contribution in [3.8, 4) is 11.5 Å². The van der Waals surface area contributed by atoms with Crippen molar-refractivity contribution in [2.75, 3.05) is 14.2 Å². The Morgan fingerprint density at radius 3 is 2.47 bits per heavy atom. The second-order valence-electron chi connectivity index (χ2n) is 4.20. The molecule has 6 heteroatoms. The Bertz CT molecular complexity index is 476. The van der Waals surface area contributed by atoms with E-state index >= 15 is 0 Å². The lowest BCUT2D eigenvalue weighted by molar-refractivity contribution is -0.137. The summed E-state index contributed by atoms with van der Waals surface area (Å²) in [5, 5.41) is 9.05. The van der Waals surface area contributed by atoms with Crippen molar-refractivity contribution in [1.82, 2.24) is 0 Å². The van der Waals surface area contributed by atoms with E-state index in [1.165, 1.54) is 14.2 Å². The summed E-state index contributed by atoms with van der Waals surface area (Å²) in [6.45, 7) is 1.84. The molecule has 1 unspecified atom stereocenters. The molecule has 1 atom stereocenters. The first-order valence-corrected chi connectivity index (χ1v) is 6.18. The van der Waals surface area contributed by atoms with Gasteiger partial charge < -0.3 is 20.3 Å². The second kappa shape index (κ2) is 6.63. The third-order valence-corrected chi connectivity index (χ3v) is 3.21. The predicted molar refractivity (Wildman–Crippen MR) is 73.1 cm³/mol. The Labute approximate surface area is 117 Å². The van der Waals surface area contributed by atoms with Gasteiger partial charge in [0.2, 0.25) is 0 Å². The molecule has 5 nitrogen and oxygen atoms in total. The van der Waals surface area contributed by atoms with Crippen LogP contribution in [0.2, 0.25) is 5.02 Å². The number of aliphatic carboxylic acids is 1. The van der Waals surface area contributed by atoms with Gasteiger partial charge in [-0.25, -0.2) is 0 Å². The third-order valence-electron chi connectivity index (χ3n) is 2.87. The molecule has 0 aliphatic heterocycles. The van der Waals surface area contributed by atoms with Gasteiger partial charge in [-0.15, -0.1) is 0 Å². The molecule has 0 amide bonds. The van der Waals surface area contributed by atoms with E-state index in [-0.39, 0.29) is 6.42 Å². The summed E-state index contributed by atoms with van der Waals surface area (Å²) < 4.78 is 10.5. The van der Waals surface area contributed by atoms with E-state index in [1.807, 2.05) is 13.0 Å². The summed E-state index contributed by atoms with van der Waals surface area (Å²) in [6.07, 6.45) is 0.306. The summed E-state index contributed by atoms with van der Waals surface area (Å²) in [6, 6.07) is 1.36. The Kier molecular flexibility index (Phi) is 5.44. The molecule has 0 bridgehead atoms. The number of methoxy groups -OCH3 is 2. The van der Waals surface area contributed by atoms with E-state index < -0.39 is 12.0 Å². The minimum Gasteiger partial charge on any atom is -0.495 e. The highest BCUT2D eigenvalue weighted by Gasteiger charge is 2.20. The first-order valence-electron chi connectivity index (χ1n) is 5.80. The number of carboxylic acid groups (broad SMARTS) is 1. The van der Waals surface area contributed by atoms with Crippen molar-refractivity contribution in [3.63, 3.8) is 0 Å². The van der Waals surface area contributed by atoms with E-state index in [0.29, 0.717) is 28.5 Å². The molecule has 0 aliphatic carbocycles. The lowest BCUT2D eigenvalue weighted by Crippen LogP contribution is -2.14. The molecule has 0 spiro atoms. The molecule has 0 aromatic heterocycles. The van der Waals surface area contributed by atoms with Crippen LogP contribution in [-0.4, -0.2) is 25.3 Å². The molecule has 19 heavy (non-hydrogen) atoms. The number of hydrogen-bond acceptors (Lipinski definition) is 4. The smallest absolute Gasteiger partial charge is 0.303 e. The lowest BCUT2D eigenvalue weighted by Gasteiger charge is -2.19. The van der Waals surface area contributed by atoms with Crippen LogP contribution in [0.5, 0.6) is 11.5 Å². The van der Waals surface area contributed by atoms with Crippen LogP contribution in [0, 0.1) is 6.92 Å². The van der Waals surface area contributed by atoms with Crippen LogP contribution in [0.4, 0.5) is 0 Å². The quantitative estimate of drug-likeness (QED) is 0.840. The van der Waals surface area contributed by atoms with Gasteiger partial charge in [0.15, 0.2) is 0 Å². The molecule has 0 saturated carbocycles. The summed E-state index contributed by atoms with van der Waals surface area (Å²) in [5.74, 6) is 0.0838. The highest BCUT2D eigenvalue weighted by molar-refractivity contribution is 6.33. The van der Waals surface area contributed by atoms with E-state index in [2.05, 4.69) is 0 Å². The van der Waals surface area contributed by atoms with Crippen molar-refractivity contribution in [2.45, 2.75) is 25.8 Å². The van der Waals surface area contributed by atoms with Crippen LogP contribution in [0.3, 0.4) is 0 Å². The monoisotopic (exact) mass is 287 g/mol. The van der Waals surface area contributed by atoms with Gasteiger partial charge in [0.05, 0.1) is 14.2 Å². The van der Waals surface area contributed by atoms with Gasteiger partial charge in [-0.1, -0.05) is 11.6 Å². The van der Waals surface area contributed by atoms with E-state index in [4.69, 9.17) is 31.9 Å². The Morgan fingerprint density at radius 2 is 2.00 bits per heavy atom. The zero-order valence-corrected chi connectivity index (χ0v) is 12.0. The van der Waals surface area contributed by atoms with Crippen LogP contribution in [-0.2, 0) is 4.79 Å². The second-order valence-corrected chi connectivity index (χ2v) is 4.58. The Balaban J connectivity index is 3.16. The molecule has 3 N–H and O–H groups in total. The minimum atomic E-state index is -0.884. The van der Waals surface area contributed by atoms with E-state index in [9.17, 15) is 4.79 Å². The molecule has 0 heterocycles. The van der Waals surface area contributed by atoms with Gasteiger partial charge in [0.25, 0.3) is 0 Å². The Hall–Kier alpha value is -1.46. The molecule has 0 aliphatic rings. The average molecular weight is 288 g/mol. The number of aryl methyl sites for hydroxylation is 1. The number of carbonyl (C=O) groups is 1. The molecule has 0 fully saturated rings. The lowest BCUT2D eigenvalue weighted by atomic mass is 9.99. The van der Waals surface area contributed by atoms with E-state index in [0.717, 1.165) is 5.56 Å². The summed E-state index contributed by atoms with van der Waals surface area (Å²) in [4.78, 5) is 10.6. The number of benzene rings is 1. The number of ether oxygens (including phenoxy) is 2. The first-order chi connectivity index (χ1) is 8.92. The van der Waals surface area contributed by atoms with Crippen LogP contribution in [0.15, 0.2) is 6.07 Å². The van der Waals surface area contributed by atoms with Crippen LogP contribution in [0.1, 0.15) is 30.0 Å². The average Bonchev–Trinajstić information content (AvgIpc) is 2.35. The predicted octanol–water partition coefficient (Wildman–Crippen LogP) is 2.53. The normalized spacial score (nSPS) is 12.1. The minimum absolute atomic E-state index is 0.00693. The maximum absolute atomic E-state index is 10.6. The number of halogens is 1. The van der Waals surface area contributed by atoms with Gasteiger partial charge in [0.1, 0.15) is 16.5 Å². The maximum atomic E-state index is 10.6. The van der Waals surface area contributed by atoms with Gasteiger partial charge in [0, 0.05) is 18.0 Å². The molecule has 0 radical (unpaired) electrons.